The number of carboxylic acids is 1. The number of nitrogens with zero attached hydrogens (tertiary/aromatic N) is 1. The molecule has 1 aromatic carbocycles. The standard InChI is InChI=1S/C16H20O4.C6H16N2/c1-10-6-7-12(9-11(10)2)14(17)16(20)8-4-3-5-13(16)15(18)19;1-7(2)5-6-8(3)4/h6-7,9,13,20H,3-5,8H2,1-2H3,(H,18,19);5-6H2,1-4H3. The minimum atomic E-state index is -1.83. The van der Waals surface area contributed by atoms with Gasteiger partial charge in [-0.15, -0.1) is 0 Å². The Morgan fingerprint density at radius 1 is 1.21 bits per heavy atom. The van der Waals surface area contributed by atoms with Crippen molar-refractivity contribution in [3.8, 4) is 0 Å². The maximum Gasteiger partial charge on any atom is 0.195 e. The molecule has 2 atom stereocenters. The average molecular weight is 393 g/mol. The van der Waals surface area contributed by atoms with Gasteiger partial charge in [0.15, 0.2) is 5.78 Å². The molecule has 0 saturated heterocycles. The van der Waals surface area contributed by atoms with Crippen LogP contribution in [0.4, 0.5) is 0 Å². The molecule has 0 bridgehead atoms. The average Bonchev–Trinajstić information content (AvgIpc) is 2.62. The third kappa shape index (κ3) is 6.69. The number of quaternary nitrogens is 1. The topological polar surface area (TPSA) is 85.1 Å². The van der Waals surface area contributed by atoms with Crippen molar-refractivity contribution in [3.63, 3.8) is 0 Å². The van der Waals surface area contributed by atoms with Gasteiger partial charge in [0.2, 0.25) is 0 Å². The van der Waals surface area contributed by atoms with Gasteiger partial charge in [-0.05, 0) is 58.0 Å². The van der Waals surface area contributed by atoms with Crippen LogP contribution < -0.4 is 10.0 Å². The zero-order valence-electron chi connectivity index (χ0n) is 18.2. The maximum atomic E-state index is 12.6. The van der Waals surface area contributed by atoms with E-state index in [4.69, 9.17) is 0 Å². The zero-order valence-corrected chi connectivity index (χ0v) is 18.2. The fourth-order valence-electron chi connectivity index (χ4n) is 3.32. The highest BCUT2D eigenvalue weighted by Crippen LogP contribution is 2.36. The monoisotopic (exact) mass is 392 g/mol. The first-order valence-corrected chi connectivity index (χ1v) is 9.98. The molecule has 0 spiro atoms. The number of hydrogen-bond acceptors (Lipinski definition) is 5. The number of benzene rings is 1. The highest BCUT2D eigenvalue weighted by Gasteiger charge is 2.46. The molecule has 1 aromatic rings. The zero-order chi connectivity index (χ0) is 21.5. The van der Waals surface area contributed by atoms with Crippen molar-refractivity contribution in [1.82, 2.24) is 4.90 Å². The molecule has 158 valence electrons. The summed E-state index contributed by atoms with van der Waals surface area (Å²) in [5, 5.41) is 21.8. The molecule has 1 saturated carbocycles. The van der Waals surface area contributed by atoms with Gasteiger partial charge in [0.05, 0.1) is 20.6 Å². The van der Waals surface area contributed by atoms with Crippen molar-refractivity contribution in [2.45, 2.75) is 45.1 Å². The Morgan fingerprint density at radius 3 is 2.32 bits per heavy atom. The predicted molar refractivity (Wildman–Crippen MR) is 108 cm³/mol. The van der Waals surface area contributed by atoms with Gasteiger partial charge in [-0.3, -0.25) is 4.79 Å². The first kappa shape index (κ1) is 24.3. The van der Waals surface area contributed by atoms with Crippen molar-refractivity contribution < 1.29 is 24.7 Å². The normalized spacial score (nSPS) is 22.0. The lowest BCUT2D eigenvalue weighted by molar-refractivity contribution is -0.857. The summed E-state index contributed by atoms with van der Waals surface area (Å²) < 4.78 is 0. The number of aliphatic hydroxyl groups is 1. The van der Waals surface area contributed by atoms with E-state index in [9.17, 15) is 19.8 Å². The highest BCUT2D eigenvalue weighted by molar-refractivity contribution is 6.04. The molecule has 28 heavy (non-hydrogen) atoms. The molecule has 1 aliphatic carbocycles. The van der Waals surface area contributed by atoms with E-state index in [1.807, 2.05) is 19.9 Å². The Kier molecular flexibility index (Phi) is 9.27. The second kappa shape index (κ2) is 10.7. The van der Waals surface area contributed by atoms with Crippen LogP contribution in [-0.2, 0) is 4.79 Å². The molecule has 0 aliphatic heterocycles. The van der Waals surface area contributed by atoms with Gasteiger partial charge in [-0.25, -0.2) is 0 Å². The summed E-state index contributed by atoms with van der Waals surface area (Å²) in [6.45, 7) is 6.23. The molecule has 2 N–H and O–H groups in total. The number of Topliss-reactive ketones (excluding diaryl/α,β-unsaturated/α-hetero) is 1. The summed E-state index contributed by atoms with van der Waals surface area (Å²) >= 11 is 0. The van der Waals surface area contributed by atoms with Crippen LogP contribution in [0.25, 0.3) is 0 Å². The number of rotatable bonds is 6. The van der Waals surface area contributed by atoms with Crippen LogP contribution in [0.1, 0.15) is 47.2 Å². The van der Waals surface area contributed by atoms with Gasteiger partial charge >= 0.3 is 0 Å². The Balaban J connectivity index is 0.000000416. The summed E-state index contributed by atoms with van der Waals surface area (Å²) in [4.78, 5) is 27.5. The minimum absolute atomic E-state index is 0.178. The SMILES string of the molecule is CN(C)CC[NH+](C)C.Cc1ccc(C(=O)C2(O)CCCCC2C(=O)[O-])cc1C. The quantitative estimate of drug-likeness (QED) is 0.658. The van der Waals surface area contributed by atoms with E-state index in [1.54, 1.807) is 12.1 Å². The largest absolute Gasteiger partial charge is 0.550 e. The molecule has 2 rings (SSSR count). The lowest BCUT2D eigenvalue weighted by Gasteiger charge is -2.39. The second-order valence-electron chi connectivity index (χ2n) is 8.43. The molecule has 0 aromatic heterocycles. The van der Waals surface area contributed by atoms with Gasteiger partial charge < -0.3 is 24.8 Å². The van der Waals surface area contributed by atoms with Gasteiger partial charge in [0.25, 0.3) is 0 Å². The molecule has 0 radical (unpaired) electrons. The first-order chi connectivity index (χ1) is 13.0. The number of ketones is 1. The van der Waals surface area contributed by atoms with E-state index >= 15 is 0 Å². The number of carboxylic acid groups (broad SMARTS) is 1. The fourth-order valence-corrected chi connectivity index (χ4v) is 3.32. The number of nitrogens with one attached hydrogen (secondary N) is 1. The van der Waals surface area contributed by atoms with Crippen LogP contribution in [-0.4, -0.2) is 68.6 Å². The maximum absolute atomic E-state index is 12.6. The third-order valence-electron chi connectivity index (χ3n) is 5.38. The molecule has 1 fully saturated rings. The molecule has 1 aliphatic rings. The van der Waals surface area contributed by atoms with Gasteiger partial charge in [-0.2, -0.15) is 0 Å². The number of carbonyl (C=O) groups is 2. The number of likely N-dealkylation sites (N-methyl/N-ethyl adjacent to an activating group) is 2. The Bertz CT molecular complexity index is 665. The van der Waals surface area contributed by atoms with Crippen molar-refractivity contribution >= 4 is 11.8 Å². The van der Waals surface area contributed by atoms with Gasteiger partial charge in [0.1, 0.15) is 5.60 Å². The summed E-state index contributed by atoms with van der Waals surface area (Å²) in [6.07, 6.45) is 1.81. The van der Waals surface area contributed by atoms with Crippen LogP contribution in [0.5, 0.6) is 0 Å². The van der Waals surface area contributed by atoms with E-state index < -0.39 is 23.3 Å². The van der Waals surface area contributed by atoms with Gasteiger partial charge in [0, 0.05) is 24.0 Å². The van der Waals surface area contributed by atoms with Crippen LogP contribution in [0.3, 0.4) is 0 Å². The van der Waals surface area contributed by atoms with Crippen molar-refractivity contribution in [2.24, 2.45) is 5.92 Å². The molecule has 0 heterocycles. The Labute approximate surface area is 169 Å². The van der Waals surface area contributed by atoms with Crippen LogP contribution >= 0.6 is 0 Å². The lowest BCUT2D eigenvalue weighted by atomic mass is 9.71. The van der Waals surface area contributed by atoms with Crippen LogP contribution in [0.2, 0.25) is 0 Å². The second-order valence-corrected chi connectivity index (χ2v) is 8.43. The fraction of sp³-hybridized carbons (Fsp3) is 0.636. The number of aryl methyl sites for hydroxylation is 2. The van der Waals surface area contributed by atoms with Crippen LogP contribution in [0, 0.1) is 19.8 Å². The van der Waals surface area contributed by atoms with E-state index in [0.717, 1.165) is 11.1 Å². The van der Waals surface area contributed by atoms with Crippen molar-refractivity contribution in [3.05, 3.63) is 34.9 Å². The Hall–Kier alpha value is -1.76. The lowest BCUT2D eigenvalue weighted by Crippen LogP contribution is -3.06. The minimum Gasteiger partial charge on any atom is -0.550 e. The summed E-state index contributed by atoms with van der Waals surface area (Å²) in [6, 6.07) is 5.16. The highest BCUT2D eigenvalue weighted by atomic mass is 16.4. The third-order valence-corrected chi connectivity index (χ3v) is 5.38. The molecular weight excluding hydrogens is 356 g/mol. The molecule has 6 nitrogen and oxygen atoms in total. The van der Waals surface area contributed by atoms with E-state index in [2.05, 4.69) is 33.1 Å². The molecule has 6 heteroatoms. The molecular formula is C22H36N2O4. The predicted octanol–water partition coefficient (Wildman–Crippen LogP) is -0.150. The molecule has 2 unspecified atom stereocenters. The van der Waals surface area contributed by atoms with Crippen molar-refractivity contribution in [2.75, 3.05) is 41.3 Å². The summed E-state index contributed by atoms with van der Waals surface area (Å²) in [7, 11) is 8.54. The van der Waals surface area contributed by atoms with Crippen molar-refractivity contribution in [1.29, 1.82) is 0 Å². The molecule has 0 amide bonds. The van der Waals surface area contributed by atoms with Gasteiger partial charge in [-0.1, -0.05) is 25.0 Å². The number of aliphatic carboxylic acids is 1. The summed E-state index contributed by atoms with van der Waals surface area (Å²) in [5.74, 6) is -2.97. The number of carbonyl (C=O) groups excluding carboxylic acids is 2. The Morgan fingerprint density at radius 2 is 1.86 bits per heavy atom. The first-order valence-electron chi connectivity index (χ1n) is 9.98. The van der Waals surface area contributed by atoms with Crippen LogP contribution in [0.15, 0.2) is 18.2 Å². The van der Waals surface area contributed by atoms with E-state index in [-0.39, 0.29) is 12.8 Å². The van der Waals surface area contributed by atoms with E-state index in [1.165, 1.54) is 18.0 Å². The van der Waals surface area contributed by atoms with E-state index in [0.29, 0.717) is 18.4 Å². The number of hydrogen-bond donors (Lipinski definition) is 2. The summed E-state index contributed by atoms with van der Waals surface area (Å²) in [5.41, 5.74) is 0.524. The smallest absolute Gasteiger partial charge is 0.195 e.